The Morgan fingerprint density at radius 3 is 2.61 bits per heavy atom. The van der Waals surface area contributed by atoms with Crippen molar-refractivity contribution < 1.29 is 22.1 Å². The summed E-state index contributed by atoms with van der Waals surface area (Å²) in [5, 5.41) is 8.40. The number of nitrogens with zero attached hydrogens (tertiary/aromatic N) is 4. The molecule has 9 nitrogen and oxygen atoms in total. The second kappa shape index (κ2) is 8.57. The molecule has 0 bridgehead atoms. The molecule has 4 rings (SSSR count). The third-order valence-electron chi connectivity index (χ3n) is 5.68. The van der Waals surface area contributed by atoms with Crippen molar-refractivity contribution in [1.29, 1.82) is 0 Å². The van der Waals surface area contributed by atoms with Gasteiger partial charge in [0.05, 0.1) is 17.6 Å². The number of amides is 1. The molecule has 10 heteroatoms. The zero-order valence-electron chi connectivity index (χ0n) is 19.7. The van der Waals surface area contributed by atoms with Gasteiger partial charge in [-0.05, 0) is 63.3 Å². The van der Waals surface area contributed by atoms with Crippen LogP contribution in [0.4, 0.5) is 4.79 Å². The molecule has 0 radical (unpaired) electrons. The minimum absolute atomic E-state index is 0.322. The smallest absolute Gasteiger partial charge is 0.410 e. The molecule has 0 N–H and O–H groups in total. The highest BCUT2D eigenvalue weighted by Crippen LogP contribution is 2.39. The molecule has 0 saturated heterocycles. The Balaban J connectivity index is 1.66. The standard InChI is InChI=1S/C23H30N4O5S/c1-15-21-18-7-6-17(16-8-11-26(12-9-16)22(28)31-23(2,3)4)14-19(18)20(32-33(5,29)30)10-13-27(21)25-24-15/h6-8,14,20H,9-13H2,1-5H3. The van der Waals surface area contributed by atoms with Gasteiger partial charge in [0.1, 0.15) is 11.7 Å². The summed E-state index contributed by atoms with van der Waals surface area (Å²) < 4.78 is 36.7. The summed E-state index contributed by atoms with van der Waals surface area (Å²) in [6.07, 6.45) is 3.30. The highest BCUT2D eigenvalue weighted by Gasteiger charge is 2.29. The first-order valence-electron chi connectivity index (χ1n) is 11.0. The summed E-state index contributed by atoms with van der Waals surface area (Å²) in [5.74, 6) is 0. The molecule has 0 spiro atoms. The topological polar surface area (TPSA) is 104 Å². The summed E-state index contributed by atoms with van der Waals surface area (Å²) in [4.78, 5) is 14.1. The molecule has 0 fully saturated rings. The number of benzene rings is 1. The van der Waals surface area contributed by atoms with E-state index >= 15 is 0 Å². The van der Waals surface area contributed by atoms with Gasteiger partial charge in [-0.3, -0.25) is 4.18 Å². The molecule has 3 heterocycles. The van der Waals surface area contributed by atoms with Crippen molar-refractivity contribution in [1.82, 2.24) is 19.9 Å². The van der Waals surface area contributed by atoms with E-state index in [4.69, 9.17) is 8.92 Å². The van der Waals surface area contributed by atoms with Crippen LogP contribution in [0.1, 0.15) is 56.5 Å². The fraction of sp³-hybridized carbons (Fsp3) is 0.522. The maximum absolute atomic E-state index is 12.4. The van der Waals surface area contributed by atoms with E-state index in [0.29, 0.717) is 32.5 Å². The van der Waals surface area contributed by atoms with Crippen LogP contribution in [0.5, 0.6) is 0 Å². The number of carbonyl (C=O) groups is 1. The van der Waals surface area contributed by atoms with Crippen molar-refractivity contribution in [2.24, 2.45) is 0 Å². The van der Waals surface area contributed by atoms with Gasteiger partial charge in [-0.15, -0.1) is 5.10 Å². The molecule has 0 saturated carbocycles. The van der Waals surface area contributed by atoms with Gasteiger partial charge >= 0.3 is 6.09 Å². The van der Waals surface area contributed by atoms with Gasteiger partial charge in [-0.25, -0.2) is 9.48 Å². The predicted octanol–water partition coefficient (Wildman–Crippen LogP) is 3.70. The van der Waals surface area contributed by atoms with E-state index in [2.05, 4.69) is 10.3 Å². The number of rotatable bonds is 3. The van der Waals surface area contributed by atoms with E-state index in [0.717, 1.165) is 39.9 Å². The van der Waals surface area contributed by atoms with Crippen LogP contribution in [0.15, 0.2) is 24.3 Å². The summed E-state index contributed by atoms with van der Waals surface area (Å²) in [6.45, 7) is 8.96. The zero-order chi connectivity index (χ0) is 24.0. The Kier molecular flexibility index (Phi) is 6.09. The van der Waals surface area contributed by atoms with Crippen molar-refractivity contribution in [3.8, 4) is 11.3 Å². The fourth-order valence-electron chi connectivity index (χ4n) is 4.26. The van der Waals surface area contributed by atoms with E-state index in [1.165, 1.54) is 0 Å². The molecule has 0 aliphatic carbocycles. The molecule has 1 atom stereocenters. The first-order valence-corrected chi connectivity index (χ1v) is 12.8. The van der Waals surface area contributed by atoms with E-state index in [9.17, 15) is 13.2 Å². The average molecular weight is 475 g/mol. The Hall–Kier alpha value is -2.72. The number of hydrogen-bond donors (Lipinski definition) is 0. The lowest BCUT2D eigenvalue weighted by molar-refractivity contribution is 0.0270. The quantitative estimate of drug-likeness (QED) is 0.625. The van der Waals surface area contributed by atoms with Crippen LogP contribution in [0, 0.1) is 6.92 Å². The minimum Gasteiger partial charge on any atom is -0.444 e. The van der Waals surface area contributed by atoms with E-state index in [-0.39, 0.29) is 6.09 Å². The van der Waals surface area contributed by atoms with Crippen LogP contribution in [0.2, 0.25) is 0 Å². The molecule has 33 heavy (non-hydrogen) atoms. The lowest BCUT2D eigenvalue weighted by Crippen LogP contribution is -2.39. The van der Waals surface area contributed by atoms with Crippen molar-refractivity contribution in [2.75, 3.05) is 19.3 Å². The highest BCUT2D eigenvalue weighted by molar-refractivity contribution is 7.86. The molecule has 1 amide bonds. The summed E-state index contributed by atoms with van der Waals surface area (Å²) >= 11 is 0. The van der Waals surface area contributed by atoms with E-state index in [1.807, 2.05) is 52.0 Å². The molecule has 1 aromatic carbocycles. The van der Waals surface area contributed by atoms with Gasteiger partial charge in [-0.1, -0.05) is 23.4 Å². The van der Waals surface area contributed by atoms with Crippen molar-refractivity contribution in [2.45, 2.75) is 58.8 Å². The third-order valence-corrected chi connectivity index (χ3v) is 6.26. The second-order valence-corrected chi connectivity index (χ2v) is 11.1. The van der Waals surface area contributed by atoms with Crippen molar-refractivity contribution in [3.63, 3.8) is 0 Å². The second-order valence-electron chi connectivity index (χ2n) is 9.53. The normalized spacial score (nSPS) is 18.8. The first-order chi connectivity index (χ1) is 15.4. The van der Waals surface area contributed by atoms with Gasteiger partial charge in [0, 0.05) is 25.2 Å². The Morgan fingerprint density at radius 1 is 1.21 bits per heavy atom. The number of hydrogen-bond acceptors (Lipinski definition) is 7. The summed E-state index contributed by atoms with van der Waals surface area (Å²) in [7, 11) is -3.65. The lowest BCUT2D eigenvalue weighted by Gasteiger charge is -2.30. The van der Waals surface area contributed by atoms with Crippen LogP contribution >= 0.6 is 0 Å². The lowest BCUT2D eigenvalue weighted by atomic mass is 9.91. The fourth-order valence-corrected chi connectivity index (χ4v) is 4.89. The SMILES string of the molecule is Cc1nnn2c1-c1ccc(C3=CCN(C(=O)OC(C)(C)C)CC3)cc1C(OS(C)(=O)=O)CC2. The Labute approximate surface area is 194 Å². The van der Waals surface area contributed by atoms with Crippen LogP contribution in [-0.4, -0.2) is 59.4 Å². The van der Waals surface area contributed by atoms with E-state index < -0.39 is 21.8 Å². The van der Waals surface area contributed by atoms with Crippen molar-refractivity contribution >= 4 is 21.8 Å². The number of aromatic nitrogens is 3. The van der Waals surface area contributed by atoms with Crippen LogP contribution in [0.3, 0.4) is 0 Å². The minimum atomic E-state index is -3.65. The first kappa shape index (κ1) is 23.4. The largest absolute Gasteiger partial charge is 0.444 e. The molecular weight excluding hydrogens is 444 g/mol. The monoisotopic (exact) mass is 474 g/mol. The molecule has 178 valence electrons. The molecule has 2 aliphatic rings. The number of fused-ring (bicyclic) bond motifs is 3. The van der Waals surface area contributed by atoms with Gasteiger partial charge in [0.15, 0.2) is 0 Å². The van der Waals surface area contributed by atoms with Gasteiger partial charge in [0.25, 0.3) is 10.1 Å². The van der Waals surface area contributed by atoms with Crippen molar-refractivity contribution in [3.05, 3.63) is 41.1 Å². The Bertz CT molecular complexity index is 1210. The number of aryl methyl sites for hydroxylation is 2. The maximum Gasteiger partial charge on any atom is 0.410 e. The highest BCUT2D eigenvalue weighted by atomic mass is 32.2. The number of ether oxygens (including phenoxy) is 1. The molecule has 2 aromatic rings. The average Bonchev–Trinajstić information content (AvgIpc) is 3.01. The third kappa shape index (κ3) is 5.27. The predicted molar refractivity (Wildman–Crippen MR) is 124 cm³/mol. The van der Waals surface area contributed by atoms with E-state index in [1.54, 1.807) is 9.58 Å². The van der Waals surface area contributed by atoms with Crippen LogP contribution in [-0.2, 0) is 25.6 Å². The van der Waals surface area contributed by atoms with Gasteiger partial charge < -0.3 is 9.64 Å². The summed E-state index contributed by atoms with van der Waals surface area (Å²) in [5.41, 5.74) is 4.89. The molecule has 1 aromatic heterocycles. The molecule has 2 aliphatic heterocycles. The maximum atomic E-state index is 12.4. The van der Waals surface area contributed by atoms with Crippen LogP contribution in [0.25, 0.3) is 16.8 Å². The van der Waals surface area contributed by atoms with Crippen LogP contribution < -0.4 is 0 Å². The van der Waals surface area contributed by atoms with Gasteiger partial charge in [0.2, 0.25) is 0 Å². The number of carbonyl (C=O) groups excluding carboxylic acids is 1. The molecule has 1 unspecified atom stereocenters. The Morgan fingerprint density at radius 2 is 1.97 bits per heavy atom. The van der Waals surface area contributed by atoms with Gasteiger partial charge in [-0.2, -0.15) is 8.42 Å². The summed E-state index contributed by atoms with van der Waals surface area (Å²) in [6, 6.07) is 6.01. The zero-order valence-corrected chi connectivity index (χ0v) is 20.5. The molecular formula is C23H30N4O5S.